The second kappa shape index (κ2) is 5.65. The lowest BCUT2D eigenvalue weighted by molar-refractivity contribution is 0.508. The van der Waals surface area contributed by atoms with Crippen LogP contribution in [0.2, 0.25) is 0 Å². The van der Waals surface area contributed by atoms with Crippen LogP contribution in [0.1, 0.15) is 0 Å². The third kappa shape index (κ3) is 4.31. The minimum atomic E-state index is -0.799. The van der Waals surface area contributed by atoms with Gasteiger partial charge in [0.15, 0.2) is 11.6 Å². The summed E-state index contributed by atoms with van der Waals surface area (Å²) in [5.74, 6) is -1.60. The van der Waals surface area contributed by atoms with Crippen molar-refractivity contribution in [1.82, 2.24) is 0 Å². The first-order valence-corrected chi connectivity index (χ1v) is 3.07. The monoisotopic (exact) mass is 173 g/mol. The van der Waals surface area contributed by atoms with E-state index in [0.717, 1.165) is 12.1 Å². The zero-order valence-electron chi connectivity index (χ0n) is 5.47. The molecule has 58 valence electrons. The van der Waals surface area contributed by atoms with E-state index in [9.17, 15) is 8.78 Å². The maximum Gasteiger partial charge on any atom is 0.158 e. The molecule has 1 rings (SSSR count). The van der Waals surface area contributed by atoms with Crippen LogP contribution in [0.5, 0.6) is 0 Å². The van der Waals surface area contributed by atoms with Gasteiger partial charge in [-0.15, -0.1) is 0 Å². The lowest BCUT2D eigenvalue weighted by Crippen LogP contribution is -1.77. The number of hydrogen-bond donors (Lipinski definition) is 1. The normalized spacial score (nSPS) is 7.45. The molecule has 0 radical (unpaired) electrons. The number of nitrogens with one attached hydrogen (secondary N) is 1. The molecule has 0 unspecified atom stereocenters. The molecule has 1 aromatic rings. The molecule has 0 spiro atoms. The molecule has 1 N–H and O–H groups in total. The standard InChI is InChI=1S/C6H4F2.CHNS/c7-5-3-1-2-4-6(5)8;2-1-3/h1-4H;2H. The van der Waals surface area contributed by atoms with Crippen molar-refractivity contribution in [3.63, 3.8) is 0 Å². The topological polar surface area (TPSA) is 23.9 Å². The van der Waals surface area contributed by atoms with E-state index in [1.54, 1.807) is 5.16 Å². The number of halogens is 2. The molecule has 0 aliphatic heterocycles. The first kappa shape index (κ1) is 9.88. The molecule has 0 fully saturated rings. The maximum atomic E-state index is 11.9. The summed E-state index contributed by atoms with van der Waals surface area (Å²) >= 11 is 3.81. The third-order valence-electron chi connectivity index (χ3n) is 0.824. The van der Waals surface area contributed by atoms with Gasteiger partial charge in [0.25, 0.3) is 0 Å². The van der Waals surface area contributed by atoms with E-state index >= 15 is 0 Å². The summed E-state index contributed by atoms with van der Waals surface area (Å²) in [6, 6.07) is 5.04. The summed E-state index contributed by atoms with van der Waals surface area (Å²) < 4.78 is 23.9. The van der Waals surface area contributed by atoms with Gasteiger partial charge in [-0.3, -0.25) is 0 Å². The third-order valence-corrected chi connectivity index (χ3v) is 0.824. The van der Waals surface area contributed by atoms with Crippen molar-refractivity contribution in [2.45, 2.75) is 0 Å². The molecule has 1 aromatic carbocycles. The van der Waals surface area contributed by atoms with E-state index in [0.29, 0.717) is 0 Å². The Morgan fingerprint density at radius 2 is 1.45 bits per heavy atom. The zero-order chi connectivity index (χ0) is 8.69. The van der Waals surface area contributed by atoms with Crippen molar-refractivity contribution in [2.24, 2.45) is 0 Å². The number of benzene rings is 1. The maximum absolute atomic E-state index is 11.9. The van der Waals surface area contributed by atoms with Crippen LogP contribution in [0.25, 0.3) is 0 Å². The van der Waals surface area contributed by atoms with Crippen molar-refractivity contribution < 1.29 is 8.78 Å². The molecule has 0 atom stereocenters. The molecule has 4 heteroatoms. The van der Waals surface area contributed by atoms with E-state index in [1.165, 1.54) is 12.1 Å². The smallest absolute Gasteiger partial charge is 0.158 e. The van der Waals surface area contributed by atoms with Gasteiger partial charge in [0, 0.05) is 0 Å². The Morgan fingerprint density at radius 3 is 1.64 bits per heavy atom. The van der Waals surface area contributed by atoms with E-state index < -0.39 is 11.6 Å². The number of isothiocyanates is 1. The highest BCUT2D eigenvalue weighted by molar-refractivity contribution is 7.78. The molecule has 0 heterocycles. The summed E-state index contributed by atoms with van der Waals surface area (Å²) in [5.41, 5.74) is 0. The van der Waals surface area contributed by atoms with Crippen LogP contribution in [-0.2, 0) is 0 Å². The number of rotatable bonds is 0. The fourth-order valence-electron chi connectivity index (χ4n) is 0.439. The lowest BCUT2D eigenvalue weighted by Gasteiger charge is -1.85. The van der Waals surface area contributed by atoms with Gasteiger partial charge in [-0.2, -0.15) is 0 Å². The first-order chi connectivity index (χ1) is 5.22. The highest BCUT2D eigenvalue weighted by atomic mass is 32.1. The Kier molecular flexibility index (Phi) is 5.07. The second-order valence-corrected chi connectivity index (χ2v) is 1.72. The predicted octanol–water partition coefficient (Wildman–Crippen LogP) is 2.63. The molecule has 0 aliphatic carbocycles. The molecular weight excluding hydrogens is 168 g/mol. The van der Waals surface area contributed by atoms with Gasteiger partial charge in [0.2, 0.25) is 0 Å². The van der Waals surface area contributed by atoms with Crippen LogP contribution < -0.4 is 0 Å². The Balaban J connectivity index is 0.000000292. The Hall–Kier alpha value is -1.12. The van der Waals surface area contributed by atoms with Crippen LogP contribution in [0.15, 0.2) is 24.3 Å². The van der Waals surface area contributed by atoms with Crippen molar-refractivity contribution >= 4 is 17.4 Å². The van der Waals surface area contributed by atoms with Crippen LogP contribution in [0.4, 0.5) is 8.78 Å². The van der Waals surface area contributed by atoms with Crippen molar-refractivity contribution in [3.8, 4) is 0 Å². The van der Waals surface area contributed by atoms with E-state index in [2.05, 4.69) is 12.2 Å². The van der Waals surface area contributed by atoms with Crippen LogP contribution in [0, 0.1) is 17.0 Å². The van der Waals surface area contributed by atoms with Gasteiger partial charge >= 0.3 is 0 Å². The van der Waals surface area contributed by atoms with E-state index in [1.807, 2.05) is 0 Å². The molecule has 0 saturated carbocycles. The largest absolute Gasteiger partial charge is 0.248 e. The van der Waals surface area contributed by atoms with Crippen LogP contribution in [0.3, 0.4) is 0 Å². The number of hydrogen-bond acceptors (Lipinski definition) is 2. The summed E-state index contributed by atoms with van der Waals surface area (Å²) in [5, 5.41) is 7.36. The van der Waals surface area contributed by atoms with Crippen LogP contribution >= 0.6 is 12.2 Å². The second-order valence-electron chi connectivity index (χ2n) is 1.52. The van der Waals surface area contributed by atoms with Gasteiger partial charge < -0.3 is 0 Å². The zero-order valence-corrected chi connectivity index (χ0v) is 6.29. The fourth-order valence-corrected chi connectivity index (χ4v) is 0.439. The Morgan fingerprint density at radius 1 is 1.18 bits per heavy atom. The summed E-state index contributed by atoms with van der Waals surface area (Å²) in [4.78, 5) is 0. The van der Waals surface area contributed by atoms with Gasteiger partial charge in [-0.25, -0.2) is 14.2 Å². The number of thiocarbonyl (C=S) groups is 1. The molecule has 0 saturated heterocycles. The van der Waals surface area contributed by atoms with Gasteiger partial charge in [-0.1, -0.05) is 12.1 Å². The molecule has 0 aromatic heterocycles. The molecule has 1 nitrogen and oxygen atoms in total. The minimum absolute atomic E-state index is 0.799. The minimum Gasteiger partial charge on any atom is -0.248 e. The van der Waals surface area contributed by atoms with Gasteiger partial charge in [-0.05, 0) is 24.4 Å². The van der Waals surface area contributed by atoms with Crippen molar-refractivity contribution in [3.05, 3.63) is 35.9 Å². The van der Waals surface area contributed by atoms with E-state index in [-0.39, 0.29) is 0 Å². The Bertz CT molecular complexity index is 235. The summed E-state index contributed by atoms with van der Waals surface area (Å²) in [7, 11) is 0. The predicted molar refractivity (Wildman–Crippen MR) is 41.7 cm³/mol. The summed E-state index contributed by atoms with van der Waals surface area (Å²) in [6.07, 6.45) is 0. The molecule has 0 aliphatic rings. The molecule has 0 bridgehead atoms. The van der Waals surface area contributed by atoms with Crippen molar-refractivity contribution in [2.75, 3.05) is 0 Å². The van der Waals surface area contributed by atoms with Crippen molar-refractivity contribution in [1.29, 1.82) is 5.41 Å². The molecular formula is C7H5F2NS. The quantitative estimate of drug-likeness (QED) is 0.473. The van der Waals surface area contributed by atoms with Gasteiger partial charge in [0.1, 0.15) is 0 Å². The highest BCUT2D eigenvalue weighted by Gasteiger charge is 1.93. The first-order valence-electron chi connectivity index (χ1n) is 2.66. The van der Waals surface area contributed by atoms with Gasteiger partial charge in [0.05, 0.1) is 5.16 Å². The Labute approximate surface area is 68.2 Å². The molecule has 0 amide bonds. The fraction of sp³-hybridized carbons (Fsp3) is 0. The van der Waals surface area contributed by atoms with Crippen LogP contribution in [-0.4, -0.2) is 5.16 Å². The average Bonchev–Trinajstić information content (AvgIpc) is 1.97. The van der Waals surface area contributed by atoms with E-state index in [4.69, 9.17) is 5.41 Å². The summed E-state index contributed by atoms with van der Waals surface area (Å²) in [6.45, 7) is 0. The SMILES string of the molecule is Fc1ccccc1F.N=C=S. The lowest BCUT2D eigenvalue weighted by atomic mass is 10.3. The molecule has 11 heavy (non-hydrogen) atoms. The average molecular weight is 173 g/mol. The highest BCUT2D eigenvalue weighted by Crippen LogP contribution is 2.01.